The summed E-state index contributed by atoms with van der Waals surface area (Å²) in [5, 5.41) is 0. The van der Waals surface area contributed by atoms with Crippen LogP contribution in [0.3, 0.4) is 0 Å². The Hall–Kier alpha value is 2.08. The van der Waals surface area contributed by atoms with E-state index in [4.69, 9.17) is 13.3 Å². The van der Waals surface area contributed by atoms with E-state index < -0.39 is 21.8 Å². The summed E-state index contributed by atoms with van der Waals surface area (Å²) in [6, 6.07) is 0. The van der Waals surface area contributed by atoms with Crippen LogP contribution in [0.2, 0.25) is 0 Å². The van der Waals surface area contributed by atoms with Crippen LogP contribution in [-0.2, 0) is 23.4 Å². The molecule has 0 aliphatic carbocycles. The maximum absolute atomic E-state index is 10.3. The van der Waals surface area contributed by atoms with Gasteiger partial charge in [-0.25, -0.2) is 8.42 Å². The van der Waals surface area contributed by atoms with E-state index in [1.807, 2.05) is 0 Å². The van der Waals surface area contributed by atoms with Crippen molar-refractivity contribution in [2.24, 2.45) is 0 Å². The van der Waals surface area contributed by atoms with Crippen molar-refractivity contribution in [1.29, 1.82) is 0 Å². The Morgan fingerprint density at radius 3 is 1.71 bits per heavy atom. The Kier molecular flexibility index (Phi) is 10.8. The quantitative estimate of drug-likeness (QED) is 0.275. The molecule has 0 aliphatic heterocycles. The first-order valence-electron chi connectivity index (χ1n) is 3.48. The largest absolute Gasteiger partial charge is 1.00 e. The van der Waals surface area contributed by atoms with Crippen molar-refractivity contribution in [3.63, 3.8) is 0 Å². The molecule has 11 heteroatoms. The topological polar surface area (TPSA) is 84.9 Å². The summed E-state index contributed by atoms with van der Waals surface area (Å²) < 4.78 is 46.0. The monoisotopic (exact) mass is 300 g/mol. The fourth-order valence-electron chi connectivity index (χ4n) is 0.806. The molecule has 0 aromatic rings. The van der Waals surface area contributed by atoms with Crippen LogP contribution in [0.15, 0.2) is 0 Å². The molecule has 0 heterocycles. The molecule has 80 valence electrons. The summed E-state index contributed by atoms with van der Waals surface area (Å²) in [5.74, 6) is -1.79. The van der Waals surface area contributed by atoms with Gasteiger partial charge in [0.15, 0.2) is 31.5 Å². The van der Waals surface area contributed by atoms with Crippen LogP contribution in [0.5, 0.6) is 0 Å². The van der Waals surface area contributed by atoms with Crippen molar-refractivity contribution in [1.82, 2.24) is 0 Å². The molecule has 0 saturated heterocycles. The van der Waals surface area contributed by atoms with Crippen LogP contribution in [0.4, 0.5) is 0 Å². The van der Waals surface area contributed by atoms with E-state index in [1.54, 1.807) is 0 Å². The molecule has 0 saturated carbocycles. The zero-order chi connectivity index (χ0) is 10.5. The molecule has 14 heavy (non-hydrogen) atoms. The Balaban J connectivity index is 0. The van der Waals surface area contributed by atoms with Crippen LogP contribution in [0, 0.1) is 0 Å². The smallest absolute Gasteiger partial charge is 0.748 e. The van der Waals surface area contributed by atoms with Gasteiger partial charge < -0.3 is 17.8 Å². The molecule has 0 unspecified atom stereocenters. The van der Waals surface area contributed by atoms with Gasteiger partial charge in [0.1, 0.15) is 0 Å². The molecule has 0 amide bonds. The third-order valence-electron chi connectivity index (χ3n) is 1.59. The third-order valence-corrected chi connectivity index (χ3v) is 4.16. The number of hydrogen-bond acceptors (Lipinski definition) is 6. The predicted octanol–water partition coefficient (Wildman–Crippen LogP) is -7.53. The van der Waals surface area contributed by atoms with Gasteiger partial charge in [-0.2, -0.15) is 0 Å². The Morgan fingerprint density at radius 1 is 1.14 bits per heavy atom. The minimum absolute atomic E-state index is 0. The molecule has 6 nitrogen and oxygen atoms in total. The molecule has 0 N–H and O–H groups in total. The average molecular weight is 301 g/mol. The first-order valence-corrected chi connectivity index (χ1v) is 7.51. The number of rotatable bonds is 6. The summed E-state index contributed by atoms with van der Waals surface area (Å²) in [5.41, 5.74) is 0. The zero-order valence-corrected chi connectivity index (χ0v) is 18.7. The molecular formula is C3H13KO6SSi3. The second-order valence-corrected chi connectivity index (χ2v) is 5.06. The van der Waals surface area contributed by atoms with Crippen LogP contribution in [-0.4, -0.2) is 56.2 Å². The minimum Gasteiger partial charge on any atom is -0.748 e. The second-order valence-electron chi connectivity index (χ2n) is 2.31. The third kappa shape index (κ3) is 7.37. The van der Waals surface area contributed by atoms with Gasteiger partial charge in [-0.05, 0) is 0 Å². The Labute approximate surface area is 135 Å². The van der Waals surface area contributed by atoms with Gasteiger partial charge in [0, 0.05) is 12.2 Å². The summed E-state index contributed by atoms with van der Waals surface area (Å²) >= 11 is 0. The summed E-state index contributed by atoms with van der Waals surface area (Å²) in [6.07, 6.45) is -0.0602. The molecule has 0 fully saturated rings. The van der Waals surface area contributed by atoms with Crippen molar-refractivity contribution < 1.29 is 77.6 Å². The van der Waals surface area contributed by atoms with Gasteiger partial charge in [0.2, 0.25) is 0 Å². The first kappa shape index (κ1) is 18.4. The van der Waals surface area contributed by atoms with Crippen molar-refractivity contribution in [2.45, 2.75) is 12.4 Å². The molecular weight excluding hydrogens is 287 g/mol. The van der Waals surface area contributed by atoms with E-state index in [-0.39, 0.29) is 57.8 Å². The summed E-state index contributed by atoms with van der Waals surface area (Å²) in [7, 11) is -3.14. The average Bonchev–Trinajstić information content (AvgIpc) is 2.06. The van der Waals surface area contributed by atoms with Gasteiger partial charge in [-0.15, -0.1) is 0 Å². The second kappa shape index (κ2) is 8.21. The molecule has 0 spiro atoms. The SMILES string of the molecule is O=S(=O)([O-])CCC(O[SiH3])(O[SiH3])O[SiH3].[K+]. The molecule has 0 bridgehead atoms. The Morgan fingerprint density at radius 2 is 1.50 bits per heavy atom. The predicted molar refractivity (Wildman–Crippen MR) is 55.0 cm³/mol. The molecule has 0 radical (unpaired) electrons. The molecule has 0 aromatic heterocycles. The van der Waals surface area contributed by atoms with E-state index >= 15 is 0 Å². The van der Waals surface area contributed by atoms with E-state index in [0.717, 1.165) is 0 Å². The normalized spacial score (nSPS) is 16.4. The van der Waals surface area contributed by atoms with E-state index in [1.165, 1.54) is 0 Å². The van der Waals surface area contributed by atoms with Gasteiger partial charge in [0.05, 0.1) is 10.1 Å². The standard InChI is InChI=1S/C3H14O6SSi3.K/c4-10(5,6)2-1-3(7-11,8-12)9-13;/h1-2H2,11-13H3,(H,4,5,6);/q;+1/p-1. The van der Waals surface area contributed by atoms with Crippen molar-refractivity contribution in [2.75, 3.05) is 5.75 Å². The molecule has 0 aromatic carbocycles. The van der Waals surface area contributed by atoms with Crippen molar-refractivity contribution in [3.8, 4) is 0 Å². The maximum atomic E-state index is 10.3. The van der Waals surface area contributed by atoms with Crippen LogP contribution in [0.25, 0.3) is 0 Å². The fraction of sp³-hybridized carbons (Fsp3) is 1.00. The molecule has 0 aliphatic rings. The van der Waals surface area contributed by atoms with Gasteiger partial charge in [0.25, 0.3) is 5.97 Å². The van der Waals surface area contributed by atoms with Crippen LogP contribution < -0.4 is 51.4 Å². The van der Waals surface area contributed by atoms with E-state index in [2.05, 4.69) is 0 Å². The Bertz CT molecular complexity index is 232. The fourth-order valence-corrected chi connectivity index (χ4v) is 3.92. The minimum atomic E-state index is -4.23. The van der Waals surface area contributed by atoms with Crippen molar-refractivity contribution in [3.05, 3.63) is 0 Å². The van der Waals surface area contributed by atoms with Crippen molar-refractivity contribution >= 4 is 41.6 Å². The van der Waals surface area contributed by atoms with Crippen LogP contribution >= 0.6 is 0 Å². The van der Waals surface area contributed by atoms with E-state index in [0.29, 0.717) is 31.5 Å². The van der Waals surface area contributed by atoms with Gasteiger partial charge >= 0.3 is 51.4 Å². The number of hydrogen-bond donors (Lipinski definition) is 0. The van der Waals surface area contributed by atoms with Gasteiger partial charge in [-0.1, -0.05) is 0 Å². The van der Waals surface area contributed by atoms with E-state index in [9.17, 15) is 13.0 Å². The van der Waals surface area contributed by atoms with Gasteiger partial charge in [-0.3, -0.25) is 0 Å². The van der Waals surface area contributed by atoms with Crippen LogP contribution in [0.1, 0.15) is 6.42 Å². The first-order chi connectivity index (χ1) is 5.89. The zero-order valence-electron chi connectivity index (χ0n) is 8.77. The molecule has 0 atom stereocenters. The summed E-state index contributed by atoms with van der Waals surface area (Å²) in [6.45, 7) is 0. The maximum Gasteiger partial charge on any atom is 1.00 e. The summed E-state index contributed by atoms with van der Waals surface area (Å²) in [4.78, 5) is 0. The molecule has 0 rings (SSSR count).